The fourth-order valence-corrected chi connectivity index (χ4v) is 5.65. The lowest BCUT2D eigenvalue weighted by Crippen LogP contribution is -2.29. The van der Waals surface area contributed by atoms with E-state index in [1.54, 1.807) is 29.2 Å². The van der Waals surface area contributed by atoms with Crippen LogP contribution in [0.4, 0.5) is 5.13 Å². The molecule has 1 aliphatic rings. The Morgan fingerprint density at radius 2 is 1.80 bits per heavy atom. The van der Waals surface area contributed by atoms with Crippen LogP contribution < -0.4 is 15.1 Å². The molecule has 0 saturated heterocycles. The summed E-state index contributed by atoms with van der Waals surface area (Å²) in [6.45, 7) is 5.95. The van der Waals surface area contributed by atoms with Gasteiger partial charge in [0, 0.05) is 0 Å². The molecule has 1 aliphatic heterocycles. The van der Waals surface area contributed by atoms with Gasteiger partial charge in [0.15, 0.2) is 10.6 Å². The number of rotatable bonds is 4. The van der Waals surface area contributed by atoms with Gasteiger partial charge >= 0.3 is 0 Å². The molecule has 5 aromatic rings. The highest BCUT2D eigenvalue weighted by Crippen LogP contribution is 2.44. The van der Waals surface area contributed by atoms with E-state index < -0.39 is 6.04 Å². The van der Waals surface area contributed by atoms with Gasteiger partial charge in [-0.1, -0.05) is 41.7 Å². The van der Waals surface area contributed by atoms with Crippen molar-refractivity contribution in [1.82, 2.24) is 4.98 Å². The van der Waals surface area contributed by atoms with E-state index in [1.165, 1.54) is 11.3 Å². The maximum absolute atomic E-state index is 13.8. The molecule has 7 heteroatoms. The molecule has 0 N–H and O–H groups in total. The Labute approximate surface area is 205 Å². The Hall–Kier alpha value is -3.97. The third-order valence-corrected chi connectivity index (χ3v) is 7.10. The number of thiazole rings is 1. The normalized spacial score (nSPS) is 15.4. The van der Waals surface area contributed by atoms with E-state index in [0.717, 1.165) is 27.1 Å². The van der Waals surface area contributed by atoms with Crippen LogP contribution in [0.3, 0.4) is 0 Å². The van der Waals surface area contributed by atoms with Gasteiger partial charge in [0.1, 0.15) is 11.3 Å². The minimum absolute atomic E-state index is 0.0377. The van der Waals surface area contributed by atoms with Gasteiger partial charge in [0.05, 0.1) is 33.3 Å². The molecule has 0 bridgehead atoms. The van der Waals surface area contributed by atoms with Crippen LogP contribution in [-0.4, -0.2) is 17.0 Å². The van der Waals surface area contributed by atoms with Crippen molar-refractivity contribution in [3.63, 3.8) is 0 Å². The molecule has 0 spiro atoms. The van der Waals surface area contributed by atoms with Gasteiger partial charge in [0.25, 0.3) is 5.91 Å². The minimum atomic E-state index is -0.659. The van der Waals surface area contributed by atoms with Crippen LogP contribution in [0, 0.1) is 6.92 Å². The van der Waals surface area contributed by atoms with Crippen LogP contribution in [0.2, 0.25) is 0 Å². The molecule has 0 unspecified atom stereocenters. The van der Waals surface area contributed by atoms with Gasteiger partial charge in [-0.05, 0) is 68.3 Å². The van der Waals surface area contributed by atoms with Crippen molar-refractivity contribution >= 4 is 43.6 Å². The summed E-state index contributed by atoms with van der Waals surface area (Å²) in [6.07, 6.45) is 0.0377. The molecular formula is C28H22N2O4S. The Kier molecular flexibility index (Phi) is 4.96. The molecule has 0 saturated carbocycles. The van der Waals surface area contributed by atoms with Crippen molar-refractivity contribution in [2.24, 2.45) is 0 Å². The Balaban J connectivity index is 1.57. The van der Waals surface area contributed by atoms with Gasteiger partial charge < -0.3 is 9.15 Å². The summed E-state index contributed by atoms with van der Waals surface area (Å²) < 4.78 is 12.8. The Morgan fingerprint density at radius 3 is 2.57 bits per heavy atom. The molecule has 0 aliphatic carbocycles. The van der Waals surface area contributed by atoms with Gasteiger partial charge in [-0.25, -0.2) is 4.98 Å². The molecule has 3 heterocycles. The second kappa shape index (κ2) is 8.06. The minimum Gasteiger partial charge on any atom is -0.491 e. The lowest BCUT2D eigenvalue weighted by atomic mass is 9.98. The molecule has 2 aromatic heterocycles. The Bertz CT molecular complexity index is 1670. The van der Waals surface area contributed by atoms with Gasteiger partial charge in [0.2, 0.25) is 5.76 Å². The van der Waals surface area contributed by atoms with E-state index in [1.807, 2.05) is 57.2 Å². The quantitative estimate of drug-likeness (QED) is 0.303. The van der Waals surface area contributed by atoms with Crippen LogP contribution in [0.25, 0.3) is 21.2 Å². The van der Waals surface area contributed by atoms with E-state index in [-0.39, 0.29) is 23.2 Å². The molecule has 1 amide bonds. The van der Waals surface area contributed by atoms with Crippen molar-refractivity contribution in [2.45, 2.75) is 32.9 Å². The largest absolute Gasteiger partial charge is 0.491 e. The maximum atomic E-state index is 13.8. The summed E-state index contributed by atoms with van der Waals surface area (Å²) in [6, 6.07) is 19.9. The molecule has 35 heavy (non-hydrogen) atoms. The first-order valence-electron chi connectivity index (χ1n) is 11.4. The standard InChI is InChI=1S/C28H22N2O4S/c1-15(2)33-18-11-9-17(10-12-18)24-23-25(31)19-6-4-5-7-21(19)34-26(23)27(32)30(24)28-29-20-13-8-16(3)14-22(20)35-28/h4-15,24H,1-3H3/t24-/m0/s1. The number of carbonyl (C=O) groups is 1. The highest BCUT2D eigenvalue weighted by atomic mass is 32.1. The third-order valence-electron chi connectivity index (χ3n) is 6.08. The summed E-state index contributed by atoms with van der Waals surface area (Å²) in [5, 5.41) is 0.976. The van der Waals surface area contributed by atoms with E-state index in [9.17, 15) is 9.59 Å². The molecule has 0 radical (unpaired) electrons. The first-order valence-corrected chi connectivity index (χ1v) is 12.3. The first-order chi connectivity index (χ1) is 16.9. The first kappa shape index (κ1) is 21.6. The second-order valence-electron chi connectivity index (χ2n) is 8.95. The van der Waals surface area contributed by atoms with E-state index in [2.05, 4.69) is 6.07 Å². The number of hydrogen-bond acceptors (Lipinski definition) is 6. The monoisotopic (exact) mass is 482 g/mol. The summed E-state index contributed by atoms with van der Waals surface area (Å²) in [5.74, 6) is 0.420. The number of anilines is 1. The predicted molar refractivity (Wildman–Crippen MR) is 138 cm³/mol. The topological polar surface area (TPSA) is 72.6 Å². The molecule has 6 rings (SSSR count). The summed E-state index contributed by atoms with van der Waals surface area (Å²) in [4.78, 5) is 33.8. The van der Waals surface area contributed by atoms with Crippen LogP contribution in [0.15, 0.2) is 75.9 Å². The molecule has 0 fully saturated rings. The number of nitrogens with zero attached hydrogens (tertiary/aromatic N) is 2. The zero-order valence-corrected chi connectivity index (χ0v) is 20.3. The zero-order chi connectivity index (χ0) is 24.3. The molecular weight excluding hydrogens is 460 g/mol. The lowest BCUT2D eigenvalue weighted by molar-refractivity contribution is 0.0971. The number of benzene rings is 3. The van der Waals surface area contributed by atoms with Gasteiger partial charge in [-0.2, -0.15) is 0 Å². The smallest absolute Gasteiger partial charge is 0.297 e. The number of para-hydroxylation sites is 1. The second-order valence-corrected chi connectivity index (χ2v) is 9.96. The summed E-state index contributed by atoms with van der Waals surface area (Å²) >= 11 is 1.43. The number of fused-ring (bicyclic) bond motifs is 3. The fraction of sp³-hybridized carbons (Fsp3) is 0.179. The van der Waals surface area contributed by atoms with Crippen molar-refractivity contribution in [2.75, 3.05) is 4.90 Å². The maximum Gasteiger partial charge on any atom is 0.297 e. The van der Waals surface area contributed by atoms with Crippen molar-refractivity contribution in [3.05, 3.63) is 99.4 Å². The van der Waals surface area contributed by atoms with Crippen LogP contribution in [-0.2, 0) is 0 Å². The molecule has 1 atom stereocenters. The number of carbonyl (C=O) groups excluding carboxylic acids is 1. The average molecular weight is 483 g/mol. The van der Waals surface area contributed by atoms with Crippen molar-refractivity contribution in [1.29, 1.82) is 0 Å². The van der Waals surface area contributed by atoms with Gasteiger partial charge in [-0.15, -0.1) is 0 Å². The SMILES string of the molecule is Cc1ccc2nc(N3C(=O)c4oc5ccccc5c(=O)c4[C@@H]3c3ccc(OC(C)C)cc3)sc2c1. The van der Waals surface area contributed by atoms with E-state index >= 15 is 0 Å². The van der Waals surface area contributed by atoms with E-state index in [4.69, 9.17) is 14.1 Å². The van der Waals surface area contributed by atoms with E-state index in [0.29, 0.717) is 21.7 Å². The highest BCUT2D eigenvalue weighted by molar-refractivity contribution is 7.22. The highest BCUT2D eigenvalue weighted by Gasteiger charge is 2.45. The zero-order valence-electron chi connectivity index (χ0n) is 19.4. The lowest BCUT2D eigenvalue weighted by Gasteiger charge is -2.22. The molecule has 6 nitrogen and oxygen atoms in total. The number of aromatic nitrogens is 1. The van der Waals surface area contributed by atoms with Crippen LogP contribution >= 0.6 is 11.3 Å². The number of ether oxygens (including phenoxy) is 1. The summed E-state index contributed by atoms with van der Waals surface area (Å²) in [7, 11) is 0. The van der Waals surface area contributed by atoms with Crippen LogP contribution in [0.1, 0.15) is 47.1 Å². The number of aryl methyl sites for hydroxylation is 1. The Morgan fingerprint density at radius 1 is 1.03 bits per heavy atom. The number of amides is 1. The number of hydrogen-bond donors (Lipinski definition) is 0. The average Bonchev–Trinajstić information content (AvgIpc) is 3.37. The van der Waals surface area contributed by atoms with Crippen molar-refractivity contribution in [3.8, 4) is 5.75 Å². The molecule has 3 aromatic carbocycles. The van der Waals surface area contributed by atoms with Gasteiger partial charge in [-0.3, -0.25) is 14.5 Å². The summed E-state index contributed by atoms with van der Waals surface area (Å²) in [5.41, 5.74) is 3.23. The van der Waals surface area contributed by atoms with Crippen LogP contribution in [0.5, 0.6) is 5.75 Å². The predicted octanol–water partition coefficient (Wildman–Crippen LogP) is 6.25. The fourth-order valence-electron chi connectivity index (χ4n) is 4.56. The third kappa shape index (κ3) is 3.51. The van der Waals surface area contributed by atoms with Crippen molar-refractivity contribution < 1.29 is 13.9 Å². The molecule has 174 valence electrons.